The van der Waals surface area contributed by atoms with Gasteiger partial charge in [0.2, 0.25) is 5.91 Å². The van der Waals surface area contributed by atoms with Crippen molar-refractivity contribution in [2.45, 2.75) is 45.8 Å². The second-order valence-electron chi connectivity index (χ2n) is 10.6. The minimum Gasteiger partial charge on any atom is -0.496 e. The number of benzene rings is 2. The number of piperazine rings is 1. The van der Waals surface area contributed by atoms with Gasteiger partial charge in [-0.25, -0.2) is 0 Å². The third-order valence-corrected chi connectivity index (χ3v) is 6.84. The van der Waals surface area contributed by atoms with Gasteiger partial charge in [0.05, 0.1) is 18.9 Å². The van der Waals surface area contributed by atoms with Gasteiger partial charge in [0, 0.05) is 48.8 Å². The van der Waals surface area contributed by atoms with Gasteiger partial charge < -0.3 is 20.3 Å². The maximum Gasteiger partial charge on any atom is 0.416 e. The van der Waals surface area contributed by atoms with Crippen LogP contribution in [0.3, 0.4) is 0 Å². The van der Waals surface area contributed by atoms with Gasteiger partial charge >= 0.3 is 6.18 Å². The summed E-state index contributed by atoms with van der Waals surface area (Å²) in [6, 6.07) is 8.69. The number of nitrogens with two attached hydrogens (primary N) is 1. The van der Waals surface area contributed by atoms with E-state index in [0.29, 0.717) is 67.3 Å². The van der Waals surface area contributed by atoms with Crippen molar-refractivity contribution in [2.24, 2.45) is 17.6 Å². The van der Waals surface area contributed by atoms with Crippen LogP contribution in [0.4, 0.5) is 18.9 Å². The lowest BCUT2D eigenvalue weighted by molar-refractivity contribution is -0.137. The number of alkyl halides is 3. The van der Waals surface area contributed by atoms with Crippen LogP contribution in [-0.2, 0) is 27.5 Å². The van der Waals surface area contributed by atoms with Crippen LogP contribution in [0.15, 0.2) is 36.4 Å². The number of carbonyl (C=O) groups is 1. The van der Waals surface area contributed by atoms with Gasteiger partial charge in [-0.15, -0.1) is 0 Å². The van der Waals surface area contributed by atoms with Crippen molar-refractivity contribution in [3.05, 3.63) is 58.1 Å². The fourth-order valence-corrected chi connectivity index (χ4v) is 4.90. The molecule has 41 heavy (non-hydrogen) atoms. The molecule has 0 saturated carbocycles. The van der Waals surface area contributed by atoms with Crippen LogP contribution in [0.25, 0.3) is 0 Å². The van der Waals surface area contributed by atoms with Gasteiger partial charge in [-0.1, -0.05) is 38.4 Å². The molecule has 230 valence electrons. The Hall–Kier alpha value is -2.54. The van der Waals surface area contributed by atoms with Crippen molar-refractivity contribution in [1.29, 1.82) is 0 Å². The molecule has 1 aliphatic heterocycles. The number of hydrogen-bond acceptors (Lipinski definition) is 6. The summed E-state index contributed by atoms with van der Waals surface area (Å²) in [5, 5.41) is 0.571. The summed E-state index contributed by atoms with van der Waals surface area (Å²) in [6.07, 6.45) is -2.61. The third kappa shape index (κ3) is 11.0. The summed E-state index contributed by atoms with van der Waals surface area (Å²) in [5.41, 5.74) is 7.79. The Labute approximate surface area is 245 Å². The highest BCUT2D eigenvalue weighted by Gasteiger charge is 2.33. The SMILES string of the molecule is COc1cc(Cl)ccc1CC(C)C(=O)N1CCN(c2ccc(C(F)(F)F)cc2[C@@H](N)CC(C)C)CC1.CS(=O)(=O)O. The van der Waals surface area contributed by atoms with Crippen molar-refractivity contribution in [3.8, 4) is 5.75 Å². The molecule has 1 unspecified atom stereocenters. The first-order valence-electron chi connectivity index (χ1n) is 13.2. The second kappa shape index (κ2) is 14.6. The molecular formula is C28H39ClF3N3O5S. The van der Waals surface area contributed by atoms with E-state index >= 15 is 0 Å². The van der Waals surface area contributed by atoms with Crippen molar-refractivity contribution < 1.29 is 35.7 Å². The Morgan fingerprint density at radius 3 is 2.20 bits per heavy atom. The molecule has 2 aromatic rings. The Morgan fingerprint density at radius 2 is 1.68 bits per heavy atom. The minimum absolute atomic E-state index is 0.0378. The predicted octanol–water partition coefficient (Wildman–Crippen LogP) is 5.44. The van der Waals surface area contributed by atoms with E-state index in [0.717, 1.165) is 11.6 Å². The van der Waals surface area contributed by atoms with Crippen molar-refractivity contribution in [1.82, 2.24) is 4.90 Å². The van der Waals surface area contributed by atoms with E-state index in [4.69, 9.17) is 26.6 Å². The average Bonchev–Trinajstić information content (AvgIpc) is 2.87. The minimum atomic E-state index is -4.43. The van der Waals surface area contributed by atoms with E-state index in [2.05, 4.69) is 0 Å². The van der Waals surface area contributed by atoms with Crippen LogP contribution in [0.2, 0.25) is 5.02 Å². The van der Waals surface area contributed by atoms with Crippen LogP contribution in [0, 0.1) is 11.8 Å². The molecule has 0 aliphatic carbocycles. The zero-order chi connectivity index (χ0) is 31.1. The lowest BCUT2D eigenvalue weighted by Crippen LogP contribution is -2.50. The normalized spacial score (nSPS) is 15.7. The van der Waals surface area contributed by atoms with Gasteiger partial charge in [-0.2, -0.15) is 21.6 Å². The molecule has 0 aromatic heterocycles. The fraction of sp³-hybridized carbons (Fsp3) is 0.536. The number of hydrogen-bond donors (Lipinski definition) is 2. The molecule has 1 fully saturated rings. The maximum absolute atomic E-state index is 13.4. The van der Waals surface area contributed by atoms with E-state index < -0.39 is 27.9 Å². The van der Waals surface area contributed by atoms with Gasteiger partial charge in [-0.05, 0) is 60.2 Å². The van der Waals surface area contributed by atoms with Gasteiger partial charge in [0.15, 0.2) is 0 Å². The van der Waals surface area contributed by atoms with E-state index in [1.54, 1.807) is 19.2 Å². The molecular weight excluding hydrogens is 583 g/mol. The first-order valence-corrected chi connectivity index (χ1v) is 15.4. The Kier molecular flexibility index (Phi) is 12.3. The molecule has 2 atom stereocenters. The first-order chi connectivity index (χ1) is 18.9. The molecule has 1 saturated heterocycles. The highest BCUT2D eigenvalue weighted by molar-refractivity contribution is 7.85. The standard InChI is InChI=1S/C27H35ClF3N3O2.CH4O3S/c1-17(2)13-23(32)22-15-20(27(29,30)31)6-8-24(22)33-9-11-34(12-10-33)26(35)18(3)14-19-5-7-21(28)16-25(19)36-4;1-5(2,3)4/h5-8,15-18,23H,9-14,32H2,1-4H3;1H3,(H,2,3,4)/t18?,23-;/m0./s1. The molecule has 0 spiro atoms. The summed E-state index contributed by atoms with van der Waals surface area (Å²) in [6.45, 7) is 7.91. The number of nitrogens with zero attached hydrogens (tertiary/aromatic N) is 2. The number of rotatable bonds is 8. The highest BCUT2D eigenvalue weighted by Crippen LogP contribution is 2.36. The van der Waals surface area contributed by atoms with Crippen molar-refractivity contribution >= 4 is 33.3 Å². The summed E-state index contributed by atoms with van der Waals surface area (Å²) < 4.78 is 71.5. The van der Waals surface area contributed by atoms with Gasteiger partial charge in [-0.3, -0.25) is 9.35 Å². The number of halogens is 4. The topological polar surface area (TPSA) is 113 Å². The van der Waals surface area contributed by atoms with Crippen molar-refractivity contribution in [3.63, 3.8) is 0 Å². The largest absolute Gasteiger partial charge is 0.496 e. The lowest BCUT2D eigenvalue weighted by atomic mass is 9.94. The summed E-state index contributed by atoms with van der Waals surface area (Å²) in [7, 11) is -2.09. The second-order valence-corrected chi connectivity index (χ2v) is 12.5. The van der Waals surface area contributed by atoms with E-state index in [1.807, 2.05) is 36.6 Å². The molecule has 1 heterocycles. The highest BCUT2D eigenvalue weighted by atomic mass is 35.5. The van der Waals surface area contributed by atoms with E-state index in [-0.39, 0.29) is 17.7 Å². The number of methoxy groups -OCH3 is 1. The lowest BCUT2D eigenvalue weighted by Gasteiger charge is -2.38. The number of carbonyl (C=O) groups excluding carboxylic acids is 1. The predicted molar refractivity (Wildman–Crippen MR) is 155 cm³/mol. The molecule has 13 heteroatoms. The van der Waals surface area contributed by atoms with Crippen LogP contribution < -0.4 is 15.4 Å². The molecule has 8 nitrogen and oxygen atoms in total. The van der Waals surface area contributed by atoms with Crippen LogP contribution in [0.5, 0.6) is 5.75 Å². The molecule has 3 rings (SSSR count). The maximum atomic E-state index is 13.4. The zero-order valence-electron chi connectivity index (χ0n) is 23.9. The average molecular weight is 622 g/mol. The van der Waals surface area contributed by atoms with Crippen LogP contribution >= 0.6 is 11.6 Å². The van der Waals surface area contributed by atoms with E-state index in [1.165, 1.54) is 12.1 Å². The van der Waals surface area contributed by atoms with E-state index in [9.17, 15) is 26.4 Å². The fourth-order valence-electron chi connectivity index (χ4n) is 4.73. The molecule has 3 N–H and O–H groups in total. The molecule has 1 amide bonds. The monoisotopic (exact) mass is 621 g/mol. The molecule has 0 radical (unpaired) electrons. The number of anilines is 1. The molecule has 1 aliphatic rings. The Morgan fingerprint density at radius 1 is 1.10 bits per heavy atom. The quantitative estimate of drug-likeness (QED) is 0.377. The summed E-state index contributed by atoms with van der Waals surface area (Å²) in [5.74, 6) is 0.681. The van der Waals surface area contributed by atoms with Gasteiger partial charge in [0.25, 0.3) is 10.1 Å². The zero-order valence-corrected chi connectivity index (χ0v) is 25.5. The van der Waals surface area contributed by atoms with Crippen LogP contribution in [0.1, 0.15) is 49.9 Å². The summed E-state index contributed by atoms with van der Waals surface area (Å²) >= 11 is 6.04. The Balaban J connectivity index is 0.00000108. The smallest absolute Gasteiger partial charge is 0.416 e. The van der Waals surface area contributed by atoms with Crippen LogP contribution in [-0.4, -0.2) is 63.3 Å². The molecule has 2 aromatic carbocycles. The summed E-state index contributed by atoms with van der Waals surface area (Å²) in [4.78, 5) is 17.0. The Bertz CT molecular complexity index is 1280. The van der Waals surface area contributed by atoms with Gasteiger partial charge in [0.1, 0.15) is 5.75 Å². The molecule has 0 bridgehead atoms. The third-order valence-electron chi connectivity index (χ3n) is 6.61. The first kappa shape index (κ1) is 34.7. The number of amides is 1. The number of ether oxygens (including phenoxy) is 1. The van der Waals surface area contributed by atoms with Crippen molar-refractivity contribution in [2.75, 3.05) is 44.4 Å².